The van der Waals surface area contributed by atoms with Crippen LogP contribution in [0.3, 0.4) is 0 Å². The van der Waals surface area contributed by atoms with Crippen molar-refractivity contribution in [2.45, 2.75) is 6.04 Å². The smallest absolute Gasteiger partial charge is 0.123 e. The summed E-state index contributed by atoms with van der Waals surface area (Å²) in [6, 6.07) is 26.0. The van der Waals surface area contributed by atoms with E-state index in [0.29, 0.717) is 0 Å². The van der Waals surface area contributed by atoms with E-state index >= 15 is 0 Å². The van der Waals surface area contributed by atoms with Gasteiger partial charge in [-0.05, 0) is 42.0 Å². The molecule has 0 radical (unpaired) electrons. The second kappa shape index (κ2) is 7.29. The summed E-state index contributed by atoms with van der Waals surface area (Å²) in [5.74, 6) is 6.20. The highest BCUT2D eigenvalue weighted by Gasteiger charge is 2.07. The maximum absolute atomic E-state index is 13.1. The number of rotatable bonds is 3. The summed E-state index contributed by atoms with van der Waals surface area (Å²) in [5.41, 5.74) is 2.87. The molecule has 2 heteroatoms. The van der Waals surface area contributed by atoms with Gasteiger partial charge >= 0.3 is 0 Å². The first-order chi connectivity index (χ1) is 11.3. The van der Waals surface area contributed by atoms with Gasteiger partial charge in [-0.3, -0.25) is 0 Å². The lowest BCUT2D eigenvalue weighted by molar-refractivity contribution is 0.628. The van der Waals surface area contributed by atoms with Gasteiger partial charge in [0, 0.05) is 11.3 Å². The fraction of sp³-hybridized carbons (Fsp3) is 0.0476. The van der Waals surface area contributed by atoms with Crippen LogP contribution in [-0.4, -0.2) is 0 Å². The van der Waals surface area contributed by atoms with Gasteiger partial charge in [0.05, 0.1) is 0 Å². The first-order valence-corrected chi connectivity index (χ1v) is 7.45. The molecule has 3 aromatic rings. The van der Waals surface area contributed by atoms with Crippen molar-refractivity contribution in [2.75, 3.05) is 5.32 Å². The predicted molar refractivity (Wildman–Crippen MR) is 92.5 cm³/mol. The van der Waals surface area contributed by atoms with Gasteiger partial charge < -0.3 is 5.32 Å². The van der Waals surface area contributed by atoms with Crippen molar-refractivity contribution in [3.8, 4) is 11.8 Å². The van der Waals surface area contributed by atoms with Crippen molar-refractivity contribution in [1.82, 2.24) is 0 Å². The minimum atomic E-state index is -0.248. The minimum Gasteiger partial charge on any atom is -0.368 e. The number of hydrogen-bond acceptors (Lipinski definition) is 1. The predicted octanol–water partition coefficient (Wildman–Crippen LogP) is 5.03. The zero-order chi connectivity index (χ0) is 15.9. The number of nitrogens with one attached hydrogen (secondary N) is 1. The molecule has 0 aliphatic rings. The van der Waals surface area contributed by atoms with Crippen LogP contribution in [0.15, 0.2) is 84.9 Å². The van der Waals surface area contributed by atoms with E-state index in [4.69, 9.17) is 0 Å². The second-order valence-corrected chi connectivity index (χ2v) is 5.13. The van der Waals surface area contributed by atoms with Gasteiger partial charge in [-0.2, -0.15) is 0 Å². The quantitative estimate of drug-likeness (QED) is 0.669. The van der Waals surface area contributed by atoms with Gasteiger partial charge in [-0.1, -0.05) is 60.4 Å². The Morgan fingerprint density at radius 3 is 2.00 bits per heavy atom. The molecule has 3 aromatic carbocycles. The number of benzene rings is 3. The zero-order valence-electron chi connectivity index (χ0n) is 12.5. The van der Waals surface area contributed by atoms with E-state index in [9.17, 15) is 4.39 Å². The number of halogens is 1. The Bertz CT molecular complexity index is 799. The molecular formula is C21H16FN. The van der Waals surface area contributed by atoms with E-state index in [1.54, 1.807) is 12.1 Å². The highest BCUT2D eigenvalue weighted by molar-refractivity contribution is 5.49. The molecule has 0 aliphatic heterocycles. The Hall–Kier alpha value is -3.05. The Balaban J connectivity index is 1.88. The van der Waals surface area contributed by atoms with Crippen LogP contribution in [0.4, 0.5) is 10.1 Å². The van der Waals surface area contributed by atoms with E-state index in [2.05, 4.69) is 17.2 Å². The van der Waals surface area contributed by atoms with E-state index in [1.807, 2.05) is 60.7 Å². The molecule has 1 N–H and O–H groups in total. The zero-order valence-corrected chi connectivity index (χ0v) is 12.5. The summed E-state index contributed by atoms with van der Waals surface area (Å²) in [6.45, 7) is 0. The SMILES string of the molecule is Fc1ccc(NC(C#Cc2ccccc2)c2ccccc2)cc1. The molecule has 0 aromatic heterocycles. The van der Waals surface area contributed by atoms with E-state index < -0.39 is 0 Å². The highest BCUT2D eigenvalue weighted by Crippen LogP contribution is 2.19. The summed E-state index contributed by atoms with van der Waals surface area (Å²) in [4.78, 5) is 0. The van der Waals surface area contributed by atoms with Crippen molar-refractivity contribution in [1.29, 1.82) is 0 Å². The van der Waals surface area contributed by atoms with Crippen LogP contribution in [0.1, 0.15) is 17.2 Å². The Labute approximate surface area is 135 Å². The van der Waals surface area contributed by atoms with Gasteiger partial charge in [0.1, 0.15) is 11.9 Å². The van der Waals surface area contributed by atoms with Crippen molar-refractivity contribution in [2.24, 2.45) is 0 Å². The van der Waals surface area contributed by atoms with Gasteiger partial charge in [-0.15, -0.1) is 0 Å². The largest absolute Gasteiger partial charge is 0.368 e. The average Bonchev–Trinajstić information content (AvgIpc) is 2.62. The molecule has 23 heavy (non-hydrogen) atoms. The van der Waals surface area contributed by atoms with Crippen LogP contribution in [0, 0.1) is 17.7 Å². The molecule has 112 valence electrons. The molecule has 0 saturated carbocycles. The van der Waals surface area contributed by atoms with E-state index in [0.717, 1.165) is 16.8 Å². The van der Waals surface area contributed by atoms with Gasteiger partial charge in [0.2, 0.25) is 0 Å². The molecule has 1 atom stereocenters. The lowest BCUT2D eigenvalue weighted by atomic mass is 10.1. The third-order valence-electron chi connectivity index (χ3n) is 3.42. The van der Waals surface area contributed by atoms with Crippen molar-refractivity contribution < 1.29 is 4.39 Å². The first kappa shape index (κ1) is 14.9. The monoisotopic (exact) mass is 301 g/mol. The van der Waals surface area contributed by atoms with E-state index in [-0.39, 0.29) is 11.9 Å². The van der Waals surface area contributed by atoms with Crippen molar-refractivity contribution in [3.05, 3.63) is 102 Å². The molecule has 0 saturated heterocycles. The minimum absolute atomic E-state index is 0.165. The average molecular weight is 301 g/mol. The van der Waals surface area contributed by atoms with Crippen LogP contribution in [0.5, 0.6) is 0 Å². The van der Waals surface area contributed by atoms with Crippen molar-refractivity contribution >= 4 is 5.69 Å². The third-order valence-corrected chi connectivity index (χ3v) is 3.42. The van der Waals surface area contributed by atoms with Crippen LogP contribution >= 0.6 is 0 Å². The Kier molecular flexibility index (Phi) is 4.71. The molecule has 0 aliphatic carbocycles. The number of hydrogen-bond donors (Lipinski definition) is 1. The highest BCUT2D eigenvalue weighted by atomic mass is 19.1. The molecular weight excluding hydrogens is 285 g/mol. The fourth-order valence-corrected chi connectivity index (χ4v) is 2.24. The summed E-state index contributed by atoms with van der Waals surface area (Å²) >= 11 is 0. The van der Waals surface area contributed by atoms with Crippen LogP contribution in [0.25, 0.3) is 0 Å². The standard InChI is InChI=1S/C21H16FN/c22-19-12-14-20(15-13-19)23-21(18-9-5-2-6-10-18)16-11-17-7-3-1-4-8-17/h1-10,12-15,21,23H. The lowest BCUT2D eigenvalue weighted by Gasteiger charge is -2.15. The molecule has 0 amide bonds. The molecule has 1 nitrogen and oxygen atoms in total. The van der Waals surface area contributed by atoms with Gasteiger partial charge in [0.25, 0.3) is 0 Å². The topological polar surface area (TPSA) is 12.0 Å². The van der Waals surface area contributed by atoms with Crippen molar-refractivity contribution in [3.63, 3.8) is 0 Å². The molecule has 0 bridgehead atoms. The summed E-state index contributed by atoms with van der Waals surface area (Å²) in [5, 5.41) is 3.35. The molecule has 0 heterocycles. The molecule has 0 spiro atoms. The summed E-state index contributed by atoms with van der Waals surface area (Å²) in [6.07, 6.45) is 0. The van der Waals surface area contributed by atoms with Crippen LogP contribution < -0.4 is 5.32 Å². The molecule has 1 unspecified atom stereocenters. The summed E-state index contributed by atoms with van der Waals surface area (Å²) in [7, 11) is 0. The Morgan fingerprint density at radius 2 is 1.35 bits per heavy atom. The lowest BCUT2D eigenvalue weighted by Crippen LogP contribution is -2.08. The maximum Gasteiger partial charge on any atom is 0.123 e. The number of anilines is 1. The first-order valence-electron chi connectivity index (χ1n) is 7.45. The van der Waals surface area contributed by atoms with Gasteiger partial charge in [-0.25, -0.2) is 4.39 Å². The normalized spacial score (nSPS) is 11.2. The van der Waals surface area contributed by atoms with Gasteiger partial charge in [0.15, 0.2) is 0 Å². The van der Waals surface area contributed by atoms with Crippen LogP contribution in [-0.2, 0) is 0 Å². The fourth-order valence-electron chi connectivity index (χ4n) is 2.24. The third kappa shape index (κ3) is 4.21. The molecule has 0 fully saturated rings. The van der Waals surface area contributed by atoms with Crippen LogP contribution in [0.2, 0.25) is 0 Å². The van der Waals surface area contributed by atoms with E-state index in [1.165, 1.54) is 12.1 Å². The maximum atomic E-state index is 13.1. The summed E-state index contributed by atoms with van der Waals surface area (Å²) < 4.78 is 13.1. The molecule has 3 rings (SSSR count). The Morgan fingerprint density at radius 1 is 0.739 bits per heavy atom. The second-order valence-electron chi connectivity index (χ2n) is 5.13.